The van der Waals surface area contributed by atoms with E-state index in [4.69, 9.17) is 0 Å². The molecule has 0 saturated carbocycles. The maximum absolute atomic E-state index is 9.70. The van der Waals surface area contributed by atoms with E-state index in [1.807, 2.05) is 25.1 Å². The first-order valence-electron chi connectivity index (χ1n) is 6.42. The second-order valence-corrected chi connectivity index (χ2v) is 5.47. The van der Waals surface area contributed by atoms with Gasteiger partial charge in [0.25, 0.3) is 0 Å². The van der Waals surface area contributed by atoms with Crippen LogP contribution in [-0.4, -0.2) is 21.6 Å². The Balaban J connectivity index is 2.20. The number of rotatable bonds is 5. The van der Waals surface area contributed by atoms with E-state index in [1.54, 1.807) is 24.5 Å². The summed E-state index contributed by atoms with van der Waals surface area (Å²) in [6.07, 6.45) is 1.34. The van der Waals surface area contributed by atoms with Gasteiger partial charge in [-0.1, -0.05) is 17.4 Å². The van der Waals surface area contributed by atoms with Crippen molar-refractivity contribution in [3.05, 3.63) is 40.7 Å². The van der Waals surface area contributed by atoms with Crippen LogP contribution in [0.2, 0.25) is 0 Å². The Labute approximate surface area is 117 Å². The highest BCUT2D eigenvalue weighted by molar-refractivity contribution is 7.15. The summed E-state index contributed by atoms with van der Waals surface area (Å²) in [4.78, 5) is 12.0. The number of aromatic nitrogens is 2. The number of aliphatic hydroxyl groups excluding tert-OH is 1. The van der Waals surface area contributed by atoms with Gasteiger partial charge in [0.2, 0.25) is 0 Å². The first-order chi connectivity index (χ1) is 9.11. The molecule has 0 saturated heterocycles. The van der Waals surface area contributed by atoms with Crippen LogP contribution in [0.15, 0.2) is 24.4 Å². The van der Waals surface area contributed by atoms with E-state index in [0.717, 1.165) is 34.5 Å². The lowest BCUT2D eigenvalue weighted by molar-refractivity contribution is 0.202. The third-order valence-corrected chi connectivity index (χ3v) is 4.32. The molecule has 2 aromatic rings. The molecule has 2 heterocycles. The fraction of sp³-hybridized carbons (Fsp3) is 0.429. The summed E-state index contributed by atoms with van der Waals surface area (Å²) >= 11 is 1.56. The Morgan fingerprint density at radius 1 is 1.42 bits per heavy atom. The SMILES string of the molecule is CCN(Cc1ccccn1)c1nc(C)c(C(C)O)s1. The van der Waals surface area contributed by atoms with E-state index >= 15 is 0 Å². The zero-order chi connectivity index (χ0) is 13.8. The molecule has 0 spiro atoms. The number of hydrogen-bond donors (Lipinski definition) is 1. The topological polar surface area (TPSA) is 49.2 Å². The Kier molecular flexibility index (Phi) is 4.50. The van der Waals surface area contributed by atoms with Crippen molar-refractivity contribution in [3.8, 4) is 0 Å². The lowest BCUT2D eigenvalue weighted by atomic mass is 10.3. The summed E-state index contributed by atoms with van der Waals surface area (Å²) in [6, 6.07) is 5.92. The van der Waals surface area contributed by atoms with Gasteiger partial charge in [0.15, 0.2) is 5.13 Å². The van der Waals surface area contributed by atoms with Crippen molar-refractivity contribution in [2.75, 3.05) is 11.4 Å². The van der Waals surface area contributed by atoms with Crippen molar-refractivity contribution in [2.45, 2.75) is 33.4 Å². The first kappa shape index (κ1) is 14.0. The molecular weight excluding hydrogens is 258 g/mol. The van der Waals surface area contributed by atoms with E-state index in [0.29, 0.717) is 0 Å². The monoisotopic (exact) mass is 277 g/mol. The van der Waals surface area contributed by atoms with E-state index < -0.39 is 6.10 Å². The molecule has 102 valence electrons. The minimum atomic E-state index is -0.459. The molecule has 19 heavy (non-hydrogen) atoms. The number of anilines is 1. The van der Waals surface area contributed by atoms with Gasteiger partial charge in [-0.3, -0.25) is 4.98 Å². The Morgan fingerprint density at radius 3 is 2.74 bits per heavy atom. The predicted octanol–water partition coefficient (Wildman–Crippen LogP) is 2.93. The van der Waals surface area contributed by atoms with Crippen molar-refractivity contribution in [1.82, 2.24) is 9.97 Å². The van der Waals surface area contributed by atoms with Gasteiger partial charge < -0.3 is 10.0 Å². The fourth-order valence-corrected chi connectivity index (χ4v) is 2.98. The summed E-state index contributed by atoms with van der Waals surface area (Å²) in [7, 11) is 0. The lowest BCUT2D eigenvalue weighted by Crippen LogP contribution is -2.22. The number of aliphatic hydroxyl groups is 1. The summed E-state index contributed by atoms with van der Waals surface area (Å²) in [5.41, 5.74) is 1.94. The second-order valence-electron chi connectivity index (χ2n) is 4.46. The zero-order valence-corrected chi connectivity index (χ0v) is 12.3. The fourth-order valence-electron chi connectivity index (χ4n) is 1.92. The molecule has 0 aliphatic rings. The Hall–Kier alpha value is -1.46. The normalized spacial score (nSPS) is 12.4. The van der Waals surface area contributed by atoms with Gasteiger partial charge in [-0.2, -0.15) is 0 Å². The van der Waals surface area contributed by atoms with Crippen LogP contribution in [0.25, 0.3) is 0 Å². The maximum Gasteiger partial charge on any atom is 0.186 e. The number of nitrogens with zero attached hydrogens (tertiary/aromatic N) is 3. The number of aryl methyl sites for hydroxylation is 1. The Bertz CT molecular complexity index is 525. The molecule has 1 atom stereocenters. The average Bonchev–Trinajstić information content (AvgIpc) is 2.79. The smallest absolute Gasteiger partial charge is 0.186 e. The average molecular weight is 277 g/mol. The standard InChI is InChI=1S/C14H19N3OS/c1-4-17(9-12-7-5-6-8-15-12)14-16-10(2)13(19-14)11(3)18/h5-8,11,18H,4,9H2,1-3H3. The summed E-state index contributed by atoms with van der Waals surface area (Å²) in [6.45, 7) is 7.42. The minimum Gasteiger partial charge on any atom is -0.388 e. The molecule has 0 fully saturated rings. The molecule has 0 radical (unpaired) electrons. The van der Waals surface area contributed by atoms with E-state index in [9.17, 15) is 5.11 Å². The van der Waals surface area contributed by atoms with Crippen molar-refractivity contribution in [2.24, 2.45) is 0 Å². The number of thiazole rings is 1. The second kappa shape index (κ2) is 6.12. The highest BCUT2D eigenvalue weighted by Crippen LogP contribution is 2.31. The third kappa shape index (κ3) is 3.30. The summed E-state index contributed by atoms with van der Waals surface area (Å²) in [5.74, 6) is 0. The van der Waals surface area contributed by atoms with E-state index in [1.165, 1.54) is 0 Å². The van der Waals surface area contributed by atoms with Gasteiger partial charge in [-0.15, -0.1) is 0 Å². The lowest BCUT2D eigenvalue weighted by Gasteiger charge is -2.19. The Morgan fingerprint density at radius 2 is 2.21 bits per heavy atom. The van der Waals surface area contributed by atoms with Crippen LogP contribution in [0.3, 0.4) is 0 Å². The van der Waals surface area contributed by atoms with E-state index in [-0.39, 0.29) is 0 Å². The molecule has 1 N–H and O–H groups in total. The predicted molar refractivity (Wildman–Crippen MR) is 78.4 cm³/mol. The van der Waals surface area contributed by atoms with Gasteiger partial charge in [0.1, 0.15) is 0 Å². The van der Waals surface area contributed by atoms with Gasteiger partial charge >= 0.3 is 0 Å². The molecule has 0 aliphatic heterocycles. The van der Waals surface area contributed by atoms with Crippen LogP contribution in [0, 0.1) is 6.92 Å². The van der Waals surface area contributed by atoms with Crippen LogP contribution >= 0.6 is 11.3 Å². The summed E-state index contributed by atoms with van der Waals surface area (Å²) in [5, 5.41) is 10.6. The third-order valence-electron chi connectivity index (χ3n) is 2.93. The molecule has 2 rings (SSSR count). The zero-order valence-electron chi connectivity index (χ0n) is 11.5. The highest BCUT2D eigenvalue weighted by atomic mass is 32.1. The quantitative estimate of drug-likeness (QED) is 0.913. The van der Waals surface area contributed by atoms with Gasteiger partial charge in [0.05, 0.1) is 28.9 Å². The minimum absolute atomic E-state index is 0.459. The van der Waals surface area contributed by atoms with Crippen molar-refractivity contribution in [3.63, 3.8) is 0 Å². The molecule has 0 amide bonds. The molecular formula is C14H19N3OS. The van der Waals surface area contributed by atoms with Crippen LogP contribution in [0.5, 0.6) is 0 Å². The van der Waals surface area contributed by atoms with Crippen molar-refractivity contribution in [1.29, 1.82) is 0 Å². The molecule has 4 nitrogen and oxygen atoms in total. The van der Waals surface area contributed by atoms with Crippen LogP contribution in [0.4, 0.5) is 5.13 Å². The van der Waals surface area contributed by atoms with Crippen LogP contribution in [-0.2, 0) is 6.54 Å². The van der Waals surface area contributed by atoms with Crippen LogP contribution in [0.1, 0.15) is 36.2 Å². The first-order valence-corrected chi connectivity index (χ1v) is 7.23. The van der Waals surface area contributed by atoms with Gasteiger partial charge in [-0.25, -0.2) is 4.98 Å². The van der Waals surface area contributed by atoms with Crippen molar-refractivity contribution >= 4 is 16.5 Å². The number of pyridine rings is 1. The molecule has 0 aliphatic carbocycles. The van der Waals surface area contributed by atoms with E-state index in [2.05, 4.69) is 21.8 Å². The number of hydrogen-bond acceptors (Lipinski definition) is 5. The largest absolute Gasteiger partial charge is 0.388 e. The maximum atomic E-state index is 9.70. The molecule has 0 aromatic carbocycles. The highest BCUT2D eigenvalue weighted by Gasteiger charge is 2.16. The molecule has 0 bridgehead atoms. The van der Waals surface area contributed by atoms with Gasteiger partial charge in [-0.05, 0) is 32.9 Å². The molecule has 2 aromatic heterocycles. The molecule has 1 unspecified atom stereocenters. The molecule has 5 heteroatoms. The summed E-state index contributed by atoms with van der Waals surface area (Å²) < 4.78 is 0. The van der Waals surface area contributed by atoms with Crippen LogP contribution < -0.4 is 4.90 Å². The van der Waals surface area contributed by atoms with Gasteiger partial charge in [0, 0.05) is 12.7 Å². The van der Waals surface area contributed by atoms with Crippen molar-refractivity contribution < 1.29 is 5.11 Å².